The van der Waals surface area contributed by atoms with Crippen LogP contribution in [-0.4, -0.2) is 51.7 Å². The molecule has 27 heavy (non-hydrogen) atoms. The molecule has 1 saturated heterocycles. The van der Waals surface area contributed by atoms with Gasteiger partial charge in [0.05, 0.1) is 12.3 Å². The minimum absolute atomic E-state index is 0.0374. The molecular weight excluding hydrogens is 340 g/mol. The maximum absolute atomic E-state index is 12.7. The maximum atomic E-state index is 12.7. The van der Waals surface area contributed by atoms with Gasteiger partial charge in [-0.05, 0) is 49.4 Å². The second-order valence-electron chi connectivity index (χ2n) is 7.03. The molecule has 1 aliphatic rings. The topological polar surface area (TPSA) is 59.7 Å². The molecule has 1 atom stereocenters. The molecule has 1 fully saturated rings. The predicted octanol–water partition coefficient (Wildman–Crippen LogP) is 3.43. The summed E-state index contributed by atoms with van der Waals surface area (Å²) in [6.07, 6.45) is 10.1. The van der Waals surface area contributed by atoms with Crippen molar-refractivity contribution in [2.24, 2.45) is 0 Å². The number of hydrogen-bond acceptors (Lipinski definition) is 4. The van der Waals surface area contributed by atoms with Crippen molar-refractivity contribution < 1.29 is 9.53 Å². The highest BCUT2D eigenvalue weighted by atomic mass is 16.5. The molecular formula is C21H24N4O2. The largest absolute Gasteiger partial charge is 0.378 e. The van der Waals surface area contributed by atoms with Gasteiger partial charge in [0.1, 0.15) is 0 Å². The van der Waals surface area contributed by atoms with E-state index in [4.69, 9.17) is 4.74 Å². The van der Waals surface area contributed by atoms with Gasteiger partial charge in [0.2, 0.25) is 0 Å². The van der Waals surface area contributed by atoms with Crippen molar-refractivity contribution in [2.45, 2.75) is 31.8 Å². The van der Waals surface area contributed by atoms with Crippen LogP contribution in [0.5, 0.6) is 0 Å². The summed E-state index contributed by atoms with van der Waals surface area (Å²) in [5, 5.41) is 4.32. The first-order valence-corrected chi connectivity index (χ1v) is 9.48. The molecule has 140 valence electrons. The van der Waals surface area contributed by atoms with Gasteiger partial charge in [-0.25, -0.2) is 9.50 Å². The number of rotatable bonds is 5. The number of carbonyl (C=O) groups excluding carboxylic acids is 1. The highest BCUT2D eigenvalue weighted by molar-refractivity contribution is 5.94. The lowest BCUT2D eigenvalue weighted by atomic mass is 10.0. The van der Waals surface area contributed by atoms with Crippen LogP contribution in [0.4, 0.5) is 0 Å². The van der Waals surface area contributed by atoms with E-state index in [0.717, 1.165) is 42.6 Å². The van der Waals surface area contributed by atoms with E-state index >= 15 is 0 Å². The molecule has 1 aliphatic heterocycles. The van der Waals surface area contributed by atoms with Crippen molar-refractivity contribution in [1.82, 2.24) is 19.5 Å². The lowest BCUT2D eigenvalue weighted by Crippen LogP contribution is -2.31. The first-order valence-electron chi connectivity index (χ1n) is 9.48. The molecule has 2 aromatic heterocycles. The normalized spacial score (nSPS) is 17.1. The van der Waals surface area contributed by atoms with E-state index in [0.29, 0.717) is 18.2 Å². The molecule has 0 N–H and O–H groups in total. The van der Waals surface area contributed by atoms with Gasteiger partial charge in [-0.2, -0.15) is 5.10 Å². The Kier molecular flexibility index (Phi) is 5.16. The lowest BCUT2D eigenvalue weighted by Gasteiger charge is -2.25. The van der Waals surface area contributed by atoms with E-state index in [1.54, 1.807) is 21.8 Å². The van der Waals surface area contributed by atoms with Crippen LogP contribution >= 0.6 is 0 Å². The Morgan fingerprint density at radius 2 is 2.15 bits per heavy atom. The molecule has 0 radical (unpaired) electrons. The second-order valence-corrected chi connectivity index (χ2v) is 7.03. The number of aromatic nitrogens is 3. The molecule has 6 heteroatoms. The van der Waals surface area contributed by atoms with Crippen LogP contribution in [-0.2, 0) is 4.74 Å². The molecule has 1 aromatic carbocycles. The second kappa shape index (κ2) is 7.88. The number of hydrogen-bond donors (Lipinski definition) is 0. The van der Waals surface area contributed by atoms with Crippen LogP contribution < -0.4 is 0 Å². The zero-order chi connectivity index (χ0) is 18.6. The van der Waals surface area contributed by atoms with Crippen molar-refractivity contribution in [1.29, 1.82) is 0 Å². The number of carbonyl (C=O) groups is 1. The molecule has 1 amide bonds. The minimum Gasteiger partial charge on any atom is -0.378 e. The summed E-state index contributed by atoms with van der Waals surface area (Å²) < 4.78 is 7.50. The Labute approximate surface area is 158 Å². The summed E-state index contributed by atoms with van der Waals surface area (Å²) in [5.41, 5.74) is 3.45. The molecule has 0 aliphatic carbocycles. The van der Waals surface area contributed by atoms with Crippen molar-refractivity contribution in [3.05, 3.63) is 54.5 Å². The molecule has 0 bridgehead atoms. The van der Waals surface area contributed by atoms with Crippen molar-refractivity contribution in [3.8, 4) is 11.1 Å². The van der Waals surface area contributed by atoms with Crippen molar-refractivity contribution in [2.75, 3.05) is 20.2 Å². The van der Waals surface area contributed by atoms with Crippen LogP contribution in [0.25, 0.3) is 16.8 Å². The van der Waals surface area contributed by atoms with Crippen LogP contribution in [0.15, 0.2) is 48.9 Å². The quantitative estimate of drug-likeness (QED) is 0.696. The summed E-state index contributed by atoms with van der Waals surface area (Å²) in [7, 11) is 1.86. The number of fused-ring (bicyclic) bond motifs is 1. The Morgan fingerprint density at radius 1 is 1.30 bits per heavy atom. The molecule has 4 rings (SSSR count). The smallest absolute Gasteiger partial charge is 0.253 e. The van der Waals surface area contributed by atoms with E-state index in [2.05, 4.69) is 10.1 Å². The Morgan fingerprint density at radius 3 is 2.93 bits per heavy atom. The fraction of sp³-hybridized carbons (Fsp3) is 0.381. The Hall–Kier alpha value is -2.73. The van der Waals surface area contributed by atoms with Crippen LogP contribution in [0.3, 0.4) is 0 Å². The van der Waals surface area contributed by atoms with Gasteiger partial charge in [0.25, 0.3) is 5.91 Å². The standard InChI is InChI=1S/C21H24N4O2/c1-24(13-10-18-5-2-3-14-27-18)21(26)17-8-6-16(7-9-17)19-15-23-25-12-4-11-22-20(19)25/h4,6-9,11-12,15,18H,2-3,5,10,13-14H2,1H3/t18-/m1/s1. The summed E-state index contributed by atoms with van der Waals surface area (Å²) in [6, 6.07) is 9.50. The van der Waals surface area contributed by atoms with Crippen molar-refractivity contribution >= 4 is 11.6 Å². The summed E-state index contributed by atoms with van der Waals surface area (Å²) >= 11 is 0. The summed E-state index contributed by atoms with van der Waals surface area (Å²) in [6.45, 7) is 1.56. The Balaban J connectivity index is 1.42. The van der Waals surface area contributed by atoms with Crippen molar-refractivity contribution in [3.63, 3.8) is 0 Å². The van der Waals surface area contributed by atoms with E-state index < -0.39 is 0 Å². The van der Waals surface area contributed by atoms with E-state index in [1.807, 2.05) is 43.6 Å². The lowest BCUT2D eigenvalue weighted by molar-refractivity contribution is 0.00709. The fourth-order valence-electron chi connectivity index (χ4n) is 3.52. The van der Waals surface area contributed by atoms with Gasteiger partial charge < -0.3 is 9.64 Å². The highest BCUT2D eigenvalue weighted by Gasteiger charge is 2.17. The van der Waals surface area contributed by atoms with Gasteiger partial charge in [-0.3, -0.25) is 4.79 Å². The van der Waals surface area contributed by atoms with E-state index in [9.17, 15) is 4.79 Å². The minimum atomic E-state index is 0.0374. The van der Waals surface area contributed by atoms with Crippen LogP contribution in [0, 0.1) is 0 Å². The van der Waals surface area contributed by atoms with Gasteiger partial charge in [0, 0.05) is 43.7 Å². The molecule has 0 saturated carbocycles. The number of benzene rings is 1. The third-order valence-corrected chi connectivity index (χ3v) is 5.13. The average molecular weight is 364 g/mol. The highest BCUT2D eigenvalue weighted by Crippen LogP contribution is 2.23. The predicted molar refractivity (Wildman–Crippen MR) is 104 cm³/mol. The fourth-order valence-corrected chi connectivity index (χ4v) is 3.52. The first-order chi connectivity index (χ1) is 13.2. The van der Waals surface area contributed by atoms with Crippen LogP contribution in [0.2, 0.25) is 0 Å². The maximum Gasteiger partial charge on any atom is 0.253 e. The van der Waals surface area contributed by atoms with Gasteiger partial charge in [-0.1, -0.05) is 12.1 Å². The molecule has 3 heterocycles. The monoisotopic (exact) mass is 364 g/mol. The third-order valence-electron chi connectivity index (χ3n) is 5.13. The van der Waals surface area contributed by atoms with E-state index in [1.165, 1.54) is 6.42 Å². The third kappa shape index (κ3) is 3.85. The molecule has 0 spiro atoms. The molecule has 3 aromatic rings. The van der Waals surface area contributed by atoms with Gasteiger partial charge >= 0.3 is 0 Å². The number of ether oxygens (including phenoxy) is 1. The van der Waals surface area contributed by atoms with Crippen LogP contribution in [0.1, 0.15) is 36.0 Å². The van der Waals surface area contributed by atoms with Gasteiger partial charge in [-0.15, -0.1) is 0 Å². The van der Waals surface area contributed by atoms with Gasteiger partial charge in [0.15, 0.2) is 5.65 Å². The molecule has 0 unspecified atom stereocenters. The zero-order valence-electron chi connectivity index (χ0n) is 15.5. The molecule has 6 nitrogen and oxygen atoms in total. The first kappa shape index (κ1) is 17.7. The average Bonchev–Trinajstić information content (AvgIpc) is 3.16. The number of nitrogens with zero attached hydrogens (tertiary/aromatic N) is 4. The summed E-state index contributed by atoms with van der Waals surface area (Å²) in [5.74, 6) is 0.0374. The SMILES string of the molecule is CN(CC[C@H]1CCCCO1)C(=O)c1ccc(-c2cnn3cccnc23)cc1. The summed E-state index contributed by atoms with van der Waals surface area (Å²) in [4.78, 5) is 18.9. The van der Waals surface area contributed by atoms with E-state index in [-0.39, 0.29) is 5.91 Å². The zero-order valence-corrected chi connectivity index (χ0v) is 15.5. The number of amides is 1. The Bertz CT molecular complexity index is 913.